The van der Waals surface area contributed by atoms with E-state index in [2.05, 4.69) is 10.3 Å². The van der Waals surface area contributed by atoms with Crippen LogP contribution in [0.2, 0.25) is 5.02 Å². The van der Waals surface area contributed by atoms with Crippen molar-refractivity contribution in [2.75, 3.05) is 13.2 Å². The second kappa shape index (κ2) is 7.66. The maximum atomic E-state index is 11.6. The Morgan fingerprint density at radius 1 is 1.32 bits per heavy atom. The number of hydrogen-bond donors (Lipinski definition) is 2. The van der Waals surface area contributed by atoms with E-state index in [9.17, 15) is 9.59 Å². The third kappa shape index (κ3) is 4.63. The van der Waals surface area contributed by atoms with Crippen LogP contribution >= 0.6 is 11.6 Å². The zero-order chi connectivity index (χ0) is 15.9. The molecular weight excluding hydrogens is 304 g/mol. The highest BCUT2D eigenvalue weighted by atomic mass is 35.5. The lowest BCUT2D eigenvalue weighted by Gasteiger charge is -2.07. The first-order valence-corrected chi connectivity index (χ1v) is 7.26. The van der Waals surface area contributed by atoms with E-state index in [0.717, 1.165) is 6.42 Å². The van der Waals surface area contributed by atoms with E-state index in [1.807, 2.05) is 31.2 Å². The lowest BCUT2D eigenvalue weighted by atomic mass is 10.1. The average molecular weight is 321 g/mol. The van der Waals surface area contributed by atoms with Crippen LogP contribution in [0.4, 0.5) is 0 Å². The quantitative estimate of drug-likeness (QED) is 0.803. The Balaban J connectivity index is 1.70. The van der Waals surface area contributed by atoms with E-state index < -0.39 is 5.97 Å². The van der Waals surface area contributed by atoms with Crippen LogP contribution in [-0.2, 0) is 16.0 Å². The Morgan fingerprint density at radius 3 is 2.77 bits per heavy atom. The number of H-pyrrole nitrogens is 1. The topological polar surface area (TPSA) is 71.2 Å². The predicted molar refractivity (Wildman–Crippen MR) is 84.0 cm³/mol. The molecule has 1 heterocycles. The van der Waals surface area contributed by atoms with Crippen LogP contribution < -0.4 is 5.32 Å². The fraction of sp³-hybridized carbons (Fsp3) is 0.250. The van der Waals surface area contributed by atoms with Crippen LogP contribution in [0, 0.1) is 6.92 Å². The third-order valence-corrected chi connectivity index (χ3v) is 3.40. The van der Waals surface area contributed by atoms with Gasteiger partial charge in [-0.05, 0) is 30.5 Å². The molecule has 0 radical (unpaired) electrons. The zero-order valence-corrected chi connectivity index (χ0v) is 12.9. The monoisotopic (exact) mass is 320 g/mol. The summed E-state index contributed by atoms with van der Waals surface area (Å²) in [5, 5.41) is 3.13. The molecule has 0 atom stereocenters. The minimum absolute atomic E-state index is 0.220. The normalized spacial score (nSPS) is 10.3. The Labute approximate surface area is 133 Å². The Kier molecular flexibility index (Phi) is 5.61. The van der Waals surface area contributed by atoms with Gasteiger partial charge in [-0.15, -0.1) is 0 Å². The molecule has 0 unspecified atom stereocenters. The molecule has 2 N–H and O–H groups in total. The minimum Gasteiger partial charge on any atom is -0.451 e. The number of amides is 1. The van der Waals surface area contributed by atoms with Crippen LogP contribution in [0.25, 0.3) is 0 Å². The van der Waals surface area contributed by atoms with Gasteiger partial charge in [0.15, 0.2) is 6.61 Å². The smallest absolute Gasteiger partial charge is 0.355 e. The van der Waals surface area contributed by atoms with Gasteiger partial charge >= 0.3 is 5.97 Å². The van der Waals surface area contributed by atoms with Crippen LogP contribution in [0.5, 0.6) is 0 Å². The molecule has 1 amide bonds. The van der Waals surface area contributed by atoms with E-state index in [1.54, 1.807) is 0 Å². The number of carbonyl (C=O) groups is 2. The Bertz CT molecular complexity index is 667. The van der Waals surface area contributed by atoms with Gasteiger partial charge in [-0.3, -0.25) is 4.79 Å². The number of rotatable bonds is 6. The summed E-state index contributed by atoms with van der Waals surface area (Å²) >= 11 is 5.69. The summed E-state index contributed by atoms with van der Waals surface area (Å²) in [6.07, 6.45) is 2.21. The van der Waals surface area contributed by atoms with Crippen LogP contribution in [-0.4, -0.2) is 30.0 Å². The molecule has 116 valence electrons. The van der Waals surface area contributed by atoms with Crippen LogP contribution in [0.3, 0.4) is 0 Å². The predicted octanol–water partition coefficient (Wildman–Crippen LogP) is 2.49. The molecule has 5 nitrogen and oxygen atoms in total. The summed E-state index contributed by atoms with van der Waals surface area (Å²) in [7, 11) is 0. The minimum atomic E-state index is -0.610. The molecule has 0 aliphatic rings. The summed E-state index contributed by atoms with van der Waals surface area (Å²) in [6, 6.07) is 9.44. The molecule has 6 heteroatoms. The number of carbonyl (C=O) groups excluding carboxylic acids is 2. The van der Waals surface area contributed by atoms with E-state index in [-0.39, 0.29) is 18.2 Å². The molecule has 0 saturated carbocycles. The van der Waals surface area contributed by atoms with Gasteiger partial charge in [0.1, 0.15) is 5.69 Å². The molecular formula is C16H17ClN2O3. The van der Waals surface area contributed by atoms with Crippen molar-refractivity contribution < 1.29 is 14.3 Å². The number of nitrogens with one attached hydrogen (secondary N) is 2. The van der Waals surface area contributed by atoms with Crippen molar-refractivity contribution in [3.05, 3.63) is 58.4 Å². The zero-order valence-electron chi connectivity index (χ0n) is 12.2. The van der Waals surface area contributed by atoms with E-state index in [1.165, 1.54) is 23.4 Å². The second-order valence-corrected chi connectivity index (χ2v) is 5.27. The van der Waals surface area contributed by atoms with Gasteiger partial charge in [0, 0.05) is 12.7 Å². The summed E-state index contributed by atoms with van der Waals surface area (Å²) in [5.74, 6) is -0.944. The first-order chi connectivity index (χ1) is 10.6. The number of ether oxygens (including phenoxy) is 1. The number of aromatic nitrogens is 1. The fourth-order valence-corrected chi connectivity index (χ4v) is 2.14. The summed E-state index contributed by atoms with van der Waals surface area (Å²) < 4.78 is 4.89. The van der Waals surface area contributed by atoms with Crippen LogP contribution in [0.15, 0.2) is 36.5 Å². The number of hydrogen-bond acceptors (Lipinski definition) is 3. The lowest BCUT2D eigenvalue weighted by molar-refractivity contribution is -0.124. The fourth-order valence-electron chi connectivity index (χ4n) is 1.97. The van der Waals surface area contributed by atoms with Gasteiger partial charge in [-0.1, -0.05) is 35.9 Å². The largest absolute Gasteiger partial charge is 0.451 e. The summed E-state index contributed by atoms with van der Waals surface area (Å²) in [4.78, 5) is 25.9. The van der Waals surface area contributed by atoms with Crippen molar-refractivity contribution in [2.24, 2.45) is 0 Å². The Hall–Kier alpha value is -2.27. The molecule has 1 aromatic heterocycles. The van der Waals surface area contributed by atoms with Crippen molar-refractivity contribution >= 4 is 23.5 Å². The van der Waals surface area contributed by atoms with Gasteiger partial charge in [0.25, 0.3) is 5.91 Å². The molecule has 0 spiro atoms. The maximum Gasteiger partial charge on any atom is 0.355 e. The standard InChI is InChI=1S/C16H17ClN2O3/c1-11-4-2-3-5-12(11)6-7-18-15(20)10-22-16(21)14-8-13(17)9-19-14/h2-5,8-9,19H,6-7,10H2,1H3,(H,18,20). The molecule has 0 aliphatic heterocycles. The number of benzene rings is 1. The summed E-state index contributed by atoms with van der Waals surface area (Å²) in [6.45, 7) is 2.21. The van der Waals surface area contributed by atoms with Crippen LogP contribution in [0.1, 0.15) is 21.6 Å². The van der Waals surface area contributed by atoms with E-state index >= 15 is 0 Å². The van der Waals surface area contributed by atoms with Crippen molar-refractivity contribution in [1.82, 2.24) is 10.3 Å². The lowest BCUT2D eigenvalue weighted by Crippen LogP contribution is -2.30. The van der Waals surface area contributed by atoms with Crippen molar-refractivity contribution in [1.29, 1.82) is 0 Å². The van der Waals surface area contributed by atoms with Crippen molar-refractivity contribution in [3.63, 3.8) is 0 Å². The molecule has 1 aromatic carbocycles. The molecule has 0 bridgehead atoms. The third-order valence-electron chi connectivity index (χ3n) is 3.18. The highest BCUT2D eigenvalue weighted by Crippen LogP contribution is 2.10. The molecule has 0 aliphatic carbocycles. The number of aryl methyl sites for hydroxylation is 1. The Morgan fingerprint density at radius 2 is 2.09 bits per heavy atom. The van der Waals surface area contributed by atoms with Crippen molar-refractivity contribution in [3.8, 4) is 0 Å². The number of esters is 1. The van der Waals surface area contributed by atoms with E-state index in [0.29, 0.717) is 11.6 Å². The maximum absolute atomic E-state index is 11.6. The van der Waals surface area contributed by atoms with Gasteiger partial charge in [-0.2, -0.15) is 0 Å². The summed E-state index contributed by atoms with van der Waals surface area (Å²) in [5.41, 5.74) is 2.59. The van der Waals surface area contributed by atoms with Crippen molar-refractivity contribution in [2.45, 2.75) is 13.3 Å². The highest BCUT2D eigenvalue weighted by molar-refractivity contribution is 6.30. The number of halogens is 1. The first kappa shape index (κ1) is 16.1. The molecule has 0 fully saturated rings. The molecule has 2 aromatic rings. The van der Waals surface area contributed by atoms with Gasteiger partial charge in [-0.25, -0.2) is 4.79 Å². The second-order valence-electron chi connectivity index (χ2n) is 4.83. The average Bonchev–Trinajstić information content (AvgIpc) is 2.93. The van der Waals surface area contributed by atoms with E-state index in [4.69, 9.17) is 16.3 Å². The van der Waals surface area contributed by atoms with Gasteiger partial charge in [0.05, 0.1) is 5.02 Å². The molecule has 0 saturated heterocycles. The highest BCUT2D eigenvalue weighted by Gasteiger charge is 2.11. The number of aromatic amines is 1. The molecule has 22 heavy (non-hydrogen) atoms. The van der Waals surface area contributed by atoms with Gasteiger partial charge < -0.3 is 15.0 Å². The van der Waals surface area contributed by atoms with Gasteiger partial charge in [0.2, 0.25) is 0 Å². The first-order valence-electron chi connectivity index (χ1n) is 6.88. The SMILES string of the molecule is Cc1ccccc1CCNC(=O)COC(=O)c1cc(Cl)c[nH]1. The molecule has 2 rings (SSSR count).